The standard InChI is InChI=1S/C14H15NO2S2/c1-15(19(16,17)14-9-11-18-12-14)10-5-8-13-6-3-2-4-7-13/h2-9,11-12H,10H2,1H3. The second-order valence-corrected chi connectivity index (χ2v) is 6.88. The molecule has 0 amide bonds. The van der Waals surface area contributed by atoms with Crippen molar-refractivity contribution in [1.29, 1.82) is 0 Å². The summed E-state index contributed by atoms with van der Waals surface area (Å²) in [7, 11) is -1.77. The highest BCUT2D eigenvalue weighted by atomic mass is 32.2. The predicted octanol–water partition coefficient (Wildman–Crippen LogP) is 3.08. The summed E-state index contributed by atoms with van der Waals surface area (Å²) in [5.41, 5.74) is 1.06. The topological polar surface area (TPSA) is 37.4 Å². The maximum absolute atomic E-state index is 12.1. The third-order valence-corrected chi connectivity index (χ3v) is 5.33. The zero-order valence-corrected chi connectivity index (χ0v) is 12.2. The molecule has 1 heterocycles. The van der Waals surface area contributed by atoms with Crippen LogP contribution in [0, 0.1) is 0 Å². The number of rotatable bonds is 5. The van der Waals surface area contributed by atoms with E-state index in [9.17, 15) is 8.42 Å². The molecule has 1 aromatic carbocycles. The molecule has 0 saturated carbocycles. The Balaban J connectivity index is 2.02. The van der Waals surface area contributed by atoms with Crippen molar-refractivity contribution >= 4 is 27.4 Å². The highest BCUT2D eigenvalue weighted by Gasteiger charge is 2.19. The Morgan fingerprint density at radius 1 is 1.21 bits per heavy atom. The van der Waals surface area contributed by atoms with E-state index >= 15 is 0 Å². The van der Waals surface area contributed by atoms with Gasteiger partial charge < -0.3 is 0 Å². The Morgan fingerprint density at radius 3 is 2.58 bits per heavy atom. The molecule has 0 unspecified atom stereocenters. The van der Waals surface area contributed by atoms with E-state index in [-0.39, 0.29) is 0 Å². The maximum atomic E-state index is 12.1. The van der Waals surface area contributed by atoms with E-state index in [2.05, 4.69) is 0 Å². The van der Waals surface area contributed by atoms with Crippen LogP contribution in [0.25, 0.3) is 6.08 Å². The maximum Gasteiger partial charge on any atom is 0.243 e. The summed E-state index contributed by atoms with van der Waals surface area (Å²) in [6.45, 7) is 0.354. The van der Waals surface area contributed by atoms with E-state index in [1.54, 1.807) is 23.9 Å². The van der Waals surface area contributed by atoms with Crippen molar-refractivity contribution in [3.63, 3.8) is 0 Å². The molecule has 0 aliphatic rings. The molecule has 2 rings (SSSR count). The fraction of sp³-hybridized carbons (Fsp3) is 0.143. The van der Waals surface area contributed by atoms with E-state index in [0.717, 1.165) is 5.56 Å². The first kappa shape index (κ1) is 14.0. The van der Waals surface area contributed by atoms with E-state index in [0.29, 0.717) is 11.4 Å². The Hall–Kier alpha value is -1.43. The normalized spacial score (nSPS) is 12.3. The van der Waals surface area contributed by atoms with E-state index < -0.39 is 10.0 Å². The van der Waals surface area contributed by atoms with Gasteiger partial charge in [0, 0.05) is 19.0 Å². The summed E-state index contributed by atoms with van der Waals surface area (Å²) >= 11 is 1.38. The van der Waals surface area contributed by atoms with Crippen molar-refractivity contribution in [2.45, 2.75) is 4.90 Å². The van der Waals surface area contributed by atoms with Gasteiger partial charge in [0.15, 0.2) is 0 Å². The molecule has 1 aromatic heterocycles. The van der Waals surface area contributed by atoms with Crippen LogP contribution in [-0.2, 0) is 10.0 Å². The van der Waals surface area contributed by atoms with Crippen LogP contribution in [0.2, 0.25) is 0 Å². The molecule has 0 spiro atoms. The van der Waals surface area contributed by atoms with Gasteiger partial charge in [-0.15, -0.1) is 0 Å². The Bertz CT molecular complexity index is 631. The lowest BCUT2D eigenvalue weighted by Gasteiger charge is -2.13. The van der Waals surface area contributed by atoms with Gasteiger partial charge in [-0.2, -0.15) is 15.6 Å². The van der Waals surface area contributed by atoms with Crippen LogP contribution >= 0.6 is 11.3 Å². The lowest BCUT2D eigenvalue weighted by atomic mass is 10.2. The number of hydrogen-bond donors (Lipinski definition) is 0. The number of hydrogen-bond acceptors (Lipinski definition) is 3. The quantitative estimate of drug-likeness (QED) is 0.849. The van der Waals surface area contributed by atoms with E-state index in [4.69, 9.17) is 0 Å². The lowest BCUT2D eigenvalue weighted by Crippen LogP contribution is -2.26. The second kappa shape index (κ2) is 6.14. The minimum Gasteiger partial charge on any atom is -0.207 e. The van der Waals surface area contributed by atoms with Crippen molar-refractivity contribution in [2.24, 2.45) is 0 Å². The molecule has 0 bridgehead atoms. The van der Waals surface area contributed by atoms with Gasteiger partial charge >= 0.3 is 0 Å². The van der Waals surface area contributed by atoms with Crippen LogP contribution in [0.5, 0.6) is 0 Å². The summed E-state index contributed by atoms with van der Waals surface area (Å²) < 4.78 is 25.6. The fourth-order valence-corrected chi connectivity index (χ4v) is 3.72. The largest absolute Gasteiger partial charge is 0.243 e. The molecule has 0 fully saturated rings. The summed E-state index contributed by atoms with van der Waals surface area (Å²) in [6, 6.07) is 11.4. The van der Waals surface area contributed by atoms with Crippen molar-refractivity contribution in [3.05, 3.63) is 58.8 Å². The third kappa shape index (κ3) is 3.53. The zero-order valence-electron chi connectivity index (χ0n) is 10.6. The number of nitrogens with zero attached hydrogens (tertiary/aromatic N) is 1. The molecule has 0 aliphatic heterocycles. The monoisotopic (exact) mass is 293 g/mol. The van der Waals surface area contributed by atoms with Gasteiger partial charge in [-0.3, -0.25) is 0 Å². The van der Waals surface area contributed by atoms with Gasteiger partial charge in [-0.25, -0.2) is 8.42 Å². The van der Waals surface area contributed by atoms with Crippen LogP contribution in [0.3, 0.4) is 0 Å². The van der Waals surface area contributed by atoms with Crippen LogP contribution in [0.1, 0.15) is 5.56 Å². The first-order valence-electron chi connectivity index (χ1n) is 5.81. The lowest BCUT2D eigenvalue weighted by molar-refractivity contribution is 0.500. The summed E-state index contributed by atoms with van der Waals surface area (Å²) in [5, 5.41) is 3.41. The van der Waals surface area contributed by atoms with Gasteiger partial charge in [-0.05, 0) is 17.0 Å². The van der Waals surface area contributed by atoms with Crippen LogP contribution in [0.15, 0.2) is 58.1 Å². The molecule has 5 heteroatoms. The highest BCUT2D eigenvalue weighted by Crippen LogP contribution is 2.17. The molecule has 2 aromatic rings. The minimum atomic E-state index is -3.36. The zero-order chi connectivity index (χ0) is 13.7. The number of thiophene rings is 1. The third-order valence-electron chi connectivity index (χ3n) is 2.68. The molecular formula is C14H15NO2S2. The average Bonchev–Trinajstić information content (AvgIpc) is 2.94. The number of benzene rings is 1. The predicted molar refractivity (Wildman–Crippen MR) is 79.6 cm³/mol. The van der Waals surface area contributed by atoms with E-state index in [1.165, 1.54) is 15.6 Å². The Kier molecular flexibility index (Phi) is 4.52. The SMILES string of the molecule is CN(CC=Cc1ccccc1)S(=O)(=O)c1ccsc1. The van der Waals surface area contributed by atoms with Crippen LogP contribution in [-0.4, -0.2) is 26.3 Å². The highest BCUT2D eigenvalue weighted by molar-refractivity contribution is 7.89. The second-order valence-electron chi connectivity index (χ2n) is 4.06. The Morgan fingerprint density at radius 2 is 1.95 bits per heavy atom. The minimum absolute atomic E-state index is 0.354. The van der Waals surface area contributed by atoms with Crippen LogP contribution in [0.4, 0.5) is 0 Å². The first-order chi connectivity index (χ1) is 9.10. The van der Waals surface area contributed by atoms with Gasteiger partial charge in [0.05, 0.1) is 4.90 Å². The fourth-order valence-electron chi connectivity index (χ4n) is 1.58. The number of sulfonamides is 1. The summed E-state index contributed by atoms with van der Waals surface area (Å²) in [6.07, 6.45) is 3.76. The van der Waals surface area contributed by atoms with Gasteiger partial charge in [0.25, 0.3) is 0 Å². The molecule has 0 N–H and O–H groups in total. The van der Waals surface area contributed by atoms with Gasteiger partial charge in [0.2, 0.25) is 10.0 Å². The molecule has 0 aliphatic carbocycles. The molecular weight excluding hydrogens is 278 g/mol. The molecule has 3 nitrogen and oxygen atoms in total. The first-order valence-corrected chi connectivity index (χ1v) is 8.19. The summed E-state index contributed by atoms with van der Waals surface area (Å²) in [4.78, 5) is 0.355. The van der Waals surface area contributed by atoms with Gasteiger partial charge in [0.1, 0.15) is 0 Å². The van der Waals surface area contributed by atoms with E-state index in [1.807, 2.05) is 42.5 Å². The van der Waals surface area contributed by atoms with Crippen molar-refractivity contribution in [1.82, 2.24) is 4.31 Å². The molecule has 100 valence electrons. The van der Waals surface area contributed by atoms with Crippen molar-refractivity contribution in [2.75, 3.05) is 13.6 Å². The average molecular weight is 293 g/mol. The van der Waals surface area contributed by atoms with Gasteiger partial charge in [-0.1, -0.05) is 42.5 Å². The molecule has 0 saturated heterocycles. The van der Waals surface area contributed by atoms with Crippen molar-refractivity contribution in [3.8, 4) is 0 Å². The Labute approximate surface area is 117 Å². The molecule has 0 radical (unpaired) electrons. The molecule has 19 heavy (non-hydrogen) atoms. The number of likely N-dealkylation sites (N-methyl/N-ethyl adjacent to an activating group) is 1. The molecule has 0 atom stereocenters. The smallest absolute Gasteiger partial charge is 0.207 e. The van der Waals surface area contributed by atoms with Crippen molar-refractivity contribution < 1.29 is 8.42 Å². The summed E-state index contributed by atoms with van der Waals surface area (Å²) in [5.74, 6) is 0. The van der Waals surface area contributed by atoms with Crippen LogP contribution < -0.4 is 0 Å².